The standard InChI is InChI=1S/C7H12NO/c1-2-8-5-3-7(9)4-6-8/h2H,3-6H2,1H3. The molecular formula is C7H12NO. The molecule has 51 valence electrons. The topological polar surface area (TPSA) is 20.3 Å². The molecule has 2 heteroatoms. The Morgan fingerprint density at radius 3 is 2.44 bits per heavy atom. The molecule has 0 N–H and O–H groups in total. The Labute approximate surface area is 55.8 Å². The molecule has 1 rings (SSSR count). The predicted molar refractivity (Wildman–Crippen MR) is 35.8 cm³/mol. The number of piperidine rings is 1. The van der Waals surface area contributed by atoms with Gasteiger partial charge in [-0.25, -0.2) is 0 Å². The van der Waals surface area contributed by atoms with E-state index in [1.54, 1.807) is 0 Å². The van der Waals surface area contributed by atoms with Gasteiger partial charge in [-0.1, -0.05) is 0 Å². The lowest BCUT2D eigenvalue weighted by molar-refractivity contribution is -0.121. The van der Waals surface area contributed by atoms with E-state index in [-0.39, 0.29) is 0 Å². The summed E-state index contributed by atoms with van der Waals surface area (Å²) in [7, 11) is 0. The third kappa shape index (κ3) is 1.79. The fourth-order valence-corrected chi connectivity index (χ4v) is 1.03. The average Bonchev–Trinajstić information content (AvgIpc) is 1.90. The van der Waals surface area contributed by atoms with Crippen molar-refractivity contribution in [1.29, 1.82) is 0 Å². The van der Waals surface area contributed by atoms with E-state index in [1.165, 1.54) is 0 Å². The first-order valence-corrected chi connectivity index (χ1v) is 3.38. The molecule has 1 fully saturated rings. The van der Waals surface area contributed by atoms with Crippen molar-refractivity contribution in [3.63, 3.8) is 0 Å². The van der Waals surface area contributed by atoms with Crippen molar-refractivity contribution in [2.45, 2.75) is 19.8 Å². The zero-order chi connectivity index (χ0) is 6.69. The molecule has 0 amide bonds. The average molecular weight is 126 g/mol. The SMILES string of the molecule is C[CH]N1CCC(=O)CC1. The molecule has 0 unspecified atom stereocenters. The monoisotopic (exact) mass is 126 g/mol. The van der Waals surface area contributed by atoms with Crippen LogP contribution in [0.5, 0.6) is 0 Å². The van der Waals surface area contributed by atoms with Crippen LogP contribution in [0.1, 0.15) is 19.8 Å². The summed E-state index contributed by atoms with van der Waals surface area (Å²) in [5.74, 6) is 0.410. The smallest absolute Gasteiger partial charge is 0.135 e. The molecule has 0 aromatic carbocycles. The van der Waals surface area contributed by atoms with Gasteiger partial charge in [-0.2, -0.15) is 0 Å². The highest BCUT2D eigenvalue weighted by atomic mass is 16.1. The van der Waals surface area contributed by atoms with Crippen LogP contribution in [0.25, 0.3) is 0 Å². The van der Waals surface area contributed by atoms with Crippen LogP contribution in [-0.4, -0.2) is 23.8 Å². The van der Waals surface area contributed by atoms with Crippen LogP contribution in [0.15, 0.2) is 0 Å². The second kappa shape index (κ2) is 2.97. The van der Waals surface area contributed by atoms with Gasteiger partial charge in [0, 0.05) is 32.5 Å². The predicted octanol–water partition coefficient (Wildman–Crippen LogP) is 0.833. The number of ketones is 1. The molecule has 0 aliphatic carbocycles. The number of hydrogen-bond donors (Lipinski definition) is 0. The number of carbonyl (C=O) groups is 1. The van der Waals surface area contributed by atoms with E-state index >= 15 is 0 Å². The van der Waals surface area contributed by atoms with Gasteiger partial charge in [0.15, 0.2) is 0 Å². The van der Waals surface area contributed by atoms with Crippen LogP contribution in [0.2, 0.25) is 0 Å². The van der Waals surface area contributed by atoms with E-state index in [9.17, 15) is 4.79 Å². The first-order valence-electron chi connectivity index (χ1n) is 3.38. The van der Waals surface area contributed by atoms with Crippen LogP contribution in [0.3, 0.4) is 0 Å². The van der Waals surface area contributed by atoms with E-state index < -0.39 is 0 Å². The maximum absolute atomic E-state index is 10.7. The van der Waals surface area contributed by atoms with Crippen LogP contribution < -0.4 is 0 Å². The van der Waals surface area contributed by atoms with Crippen LogP contribution in [-0.2, 0) is 4.79 Å². The minimum absolute atomic E-state index is 0.410. The van der Waals surface area contributed by atoms with Gasteiger partial charge in [0.2, 0.25) is 0 Å². The van der Waals surface area contributed by atoms with E-state index in [2.05, 4.69) is 4.90 Å². The van der Waals surface area contributed by atoms with Gasteiger partial charge in [0.25, 0.3) is 0 Å². The summed E-state index contributed by atoms with van der Waals surface area (Å²) in [6.45, 7) is 5.91. The van der Waals surface area contributed by atoms with Gasteiger partial charge in [-0.3, -0.25) is 9.69 Å². The highest BCUT2D eigenvalue weighted by molar-refractivity contribution is 5.79. The fourth-order valence-electron chi connectivity index (χ4n) is 1.03. The molecule has 1 heterocycles. The Morgan fingerprint density at radius 2 is 2.00 bits per heavy atom. The molecule has 9 heavy (non-hydrogen) atoms. The Kier molecular flexibility index (Phi) is 2.22. The lowest BCUT2D eigenvalue weighted by atomic mass is 10.1. The molecule has 1 radical (unpaired) electrons. The van der Waals surface area contributed by atoms with E-state index in [1.807, 2.05) is 13.5 Å². The minimum Gasteiger partial charge on any atom is -0.300 e. The summed E-state index contributed by atoms with van der Waals surface area (Å²) in [5, 5.41) is 0. The van der Waals surface area contributed by atoms with E-state index in [0.29, 0.717) is 5.78 Å². The van der Waals surface area contributed by atoms with Crippen LogP contribution in [0, 0.1) is 6.54 Å². The lowest BCUT2D eigenvalue weighted by Gasteiger charge is -2.23. The molecule has 1 aliphatic heterocycles. The Balaban J connectivity index is 2.26. The molecule has 0 aromatic rings. The largest absolute Gasteiger partial charge is 0.300 e. The van der Waals surface area contributed by atoms with Crippen LogP contribution >= 0.6 is 0 Å². The van der Waals surface area contributed by atoms with Gasteiger partial charge < -0.3 is 0 Å². The molecule has 2 nitrogen and oxygen atoms in total. The third-order valence-electron chi connectivity index (χ3n) is 1.72. The zero-order valence-corrected chi connectivity index (χ0v) is 5.76. The second-order valence-corrected chi connectivity index (χ2v) is 2.33. The van der Waals surface area contributed by atoms with Gasteiger partial charge >= 0.3 is 0 Å². The minimum atomic E-state index is 0.410. The van der Waals surface area contributed by atoms with Gasteiger partial charge in [-0.05, 0) is 6.92 Å². The van der Waals surface area contributed by atoms with Crippen molar-refractivity contribution in [2.75, 3.05) is 13.1 Å². The highest BCUT2D eigenvalue weighted by Crippen LogP contribution is 2.05. The zero-order valence-electron chi connectivity index (χ0n) is 5.76. The Bertz CT molecular complexity index is 101. The molecule has 0 bridgehead atoms. The van der Waals surface area contributed by atoms with Gasteiger partial charge in [0.05, 0.1) is 0 Å². The summed E-state index contributed by atoms with van der Waals surface area (Å²) in [6, 6.07) is 0. The number of nitrogens with zero attached hydrogens (tertiary/aromatic N) is 1. The summed E-state index contributed by atoms with van der Waals surface area (Å²) < 4.78 is 0. The first-order chi connectivity index (χ1) is 4.33. The normalized spacial score (nSPS) is 22.6. The number of carbonyl (C=O) groups excluding carboxylic acids is 1. The van der Waals surface area contributed by atoms with E-state index in [4.69, 9.17) is 0 Å². The number of likely N-dealkylation sites (tertiary alicyclic amines) is 1. The Morgan fingerprint density at radius 1 is 1.44 bits per heavy atom. The third-order valence-corrected chi connectivity index (χ3v) is 1.72. The van der Waals surface area contributed by atoms with Crippen LogP contribution in [0.4, 0.5) is 0 Å². The molecule has 0 aromatic heterocycles. The maximum atomic E-state index is 10.7. The number of rotatable bonds is 1. The summed E-state index contributed by atoms with van der Waals surface area (Å²) in [5.41, 5.74) is 0. The fraction of sp³-hybridized carbons (Fsp3) is 0.714. The maximum Gasteiger partial charge on any atom is 0.135 e. The molecule has 1 aliphatic rings. The van der Waals surface area contributed by atoms with E-state index in [0.717, 1.165) is 25.9 Å². The quantitative estimate of drug-likeness (QED) is 0.518. The second-order valence-electron chi connectivity index (χ2n) is 2.33. The number of hydrogen-bond acceptors (Lipinski definition) is 2. The van der Waals surface area contributed by atoms with Crippen molar-refractivity contribution in [3.8, 4) is 0 Å². The van der Waals surface area contributed by atoms with Crippen molar-refractivity contribution >= 4 is 5.78 Å². The molecule has 0 spiro atoms. The first kappa shape index (κ1) is 6.75. The molecule has 1 saturated heterocycles. The van der Waals surface area contributed by atoms with Crippen molar-refractivity contribution < 1.29 is 4.79 Å². The highest BCUT2D eigenvalue weighted by Gasteiger charge is 2.13. The van der Waals surface area contributed by atoms with Crippen molar-refractivity contribution in [1.82, 2.24) is 4.90 Å². The molecule has 0 atom stereocenters. The number of Topliss-reactive ketones (excluding diaryl/α,β-unsaturated/α-hetero) is 1. The summed E-state index contributed by atoms with van der Waals surface area (Å²) in [4.78, 5) is 12.9. The molecular weight excluding hydrogens is 114 g/mol. The Hall–Kier alpha value is -0.370. The van der Waals surface area contributed by atoms with Gasteiger partial charge in [-0.15, -0.1) is 0 Å². The van der Waals surface area contributed by atoms with Gasteiger partial charge in [0.1, 0.15) is 5.78 Å². The summed E-state index contributed by atoms with van der Waals surface area (Å²) in [6.07, 6.45) is 1.48. The van der Waals surface area contributed by atoms with Crippen molar-refractivity contribution in [2.24, 2.45) is 0 Å². The summed E-state index contributed by atoms with van der Waals surface area (Å²) >= 11 is 0. The van der Waals surface area contributed by atoms with Crippen molar-refractivity contribution in [3.05, 3.63) is 6.54 Å². The molecule has 0 saturated carbocycles. The lowest BCUT2D eigenvalue weighted by Crippen LogP contribution is -2.30.